The van der Waals surface area contributed by atoms with Crippen LogP contribution in [0.4, 0.5) is 0 Å². The normalized spacial score (nSPS) is 15.8. The van der Waals surface area contributed by atoms with E-state index in [0.29, 0.717) is 17.3 Å². The zero-order valence-corrected chi connectivity index (χ0v) is 15.5. The van der Waals surface area contributed by atoms with Gasteiger partial charge in [0, 0.05) is 11.6 Å². The van der Waals surface area contributed by atoms with E-state index in [9.17, 15) is 4.79 Å². The molecule has 1 aromatic heterocycles. The summed E-state index contributed by atoms with van der Waals surface area (Å²) in [5.41, 5.74) is 1.05. The molecule has 0 atom stereocenters. The number of nitrogens with zero attached hydrogens (tertiary/aromatic N) is 4. The fourth-order valence-corrected chi connectivity index (χ4v) is 3.91. The van der Waals surface area contributed by atoms with Crippen LogP contribution in [-0.2, 0) is 6.54 Å². The second kappa shape index (κ2) is 7.87. The zero-order valence-electron chi connectivity index (χ0n) is 14.8. The summed E-state index contributed by atoms with van der Waals surface area (Å²) in [5, 5.41) is 8.88. The Hall–Kier alpha value is -2.40. The van der Waals surface area contributed by atoms with E-state index < -0.39 is 0 Å². The maximum Gasteiger partial charge on any atom is 0.276 e. The van der Waals surface area contributed by atoms with Crippen molar-refractivity contribution in [1.82, 2.24) is 19.9 Å². The van der Waals surface area contributed by atoms with Crippen LogP contribution in [0.15, 0.2) is 55.8 Å². The van der Waals surface area contributed by atoms with Crippen LogP contribution in [0, 0.1) is 0 Å². The summed E-state index contributed by atoms with van der Waals surface area (Å²) in [4.78, 5) is 15.0. The third-order valence-electron chi connectivity index (χ3n) is 4.94. The molecule has 136 valence electrons. The molecule has 1 saturated heterocycles. The number of rotatable bonds is 7. The molecule has 6 heteroatoms. The molecule has 2 heterocycles. The molecule has 0 saturated carbocycles. The highest BCUT2D eigenvalue weighted by Gasteiger charge is 2.42. The summed E-state index contributed by atoms with van der Waals surface area (Å²) in [6.45, 7) is 8.92. The summed E-state index contributed by atoms with van der Waals surface area (Å²) >= 11 is 6.20. The van der Waals surface area contributed by atoms with Crippen molar-refractivity contribution >= 4 is 17.5 Å². The molecular formula is C20H23ClN4O. The predicted octanol–water partition coefficient (Wildman–Crippen LogP) is 4.11. The molecule has 0 unspecified atom stereocenters. The first-order valence-electron chi connectivity index (χ1n) is 8.77. The van der Waals surface area contributed by atoms with Gasteiger partial charge in [-0.25, -0.2) is 4.68 Å². The van der Waals surface area contributed by atoms with Gasteiger partial charge < -0.3 is 4.90 Å². The van der Waals surface area contributed by atoms with E-state index in [1.165, 1.54) is 0 Å². The van der Waals surface area contributed by atoms with E-state index in [4.69, 9.17) is 11.6 Å². The van der Waals surface area contributed by atoms with E-state index in [1.54, 1.807) is 10.9 Å². The molecular weight excluding hydrogens is 348 g/mol. The maximum absolute atomic E-state index is 13.1. The average Bonchev–Trinajstić information content (AvgIpc) is 3.25. The first-order valence-corrected chi connectivity index (χ1v) is 9.15. The topological polar surface area (TPSA) is 51.0 Å². The lowest BCUT2D eigenvalue weighted by atomic mass is 9.88. The third kappa shape index (κ3) is 3.58. The SMILES string of the molecule is C=CCC1(CC=C)CCCN1C(=O)c1cn(Cc2ccccc2Cl)nn1. The standard InChI is InChI=1S/C20H23ClN4O/c1-3-10-20(11-4-2)12-7-13-25(20)19(26)18-15-24(23-22-18)14-16-8-5-6-9-17(16)21/h3-6,8-9,15H,1-2,7,10-14H2. The molecule has 0 aliphatic carbocycles. The van der Waals surface area contributed by atoms with Gasteiger partial charge in [0.15, 0.2) is 5.69 Å². The molecule has 26 heavy (non-hydrogen) atoms. The van der Waals surface area contributed by atoms with Gasteiger partial charge in [-0.05, 0) is 37.3 Å². The van der Waals surface area contributed by atoms with Gasteiger partial charge in [-0.15, -0.1) is 18.3 Å². The summed E-state index contributed by atoms with van der Waals surface area (Å²) < 4.78 is 1.65. The predicted molar refractivity (Wildman–Crippen MR) is 103 cm³/mol. The lowest BCUT2D eigenvalue weighted by Gasteiger charge is -2.37. The fourth-order valence-electron chi connectivity index (χ4n) is 3.71. The fraction of sp³-hybridized carbons (Fsp3) is 0.350. The molecule has 2 aromatic rings. The number of halogens is 1. The second-order valence-corrected chi connectivity index (χ2v) is 7.07. The van der Waals surface area contributed by atoms with Crippen LogP contribution < -0.4 is 0 Å². The van der Waals surface area contributed by atoms with Gasteiger partial charge in [0.2, 0.25) is 0 Å². The van der Waals surface area contributed by atoms with Gasteiger partial charge in [-0.2, -0.15) is 0 Å². The summed E-state index contributed by atoms with van der Waals surface area (Å²) in [6, 6.07) is 7.58. The minimum Gasteiger partial charge on any atom is -0.331 e. The number of carbonyl (C=O) groups excluding carboxylic acids is 1. The zero-order chi connectivity index (χ0) is 18.6. The molecule has 0 radical (unpaired) electrons. The van der Waals surface area contributed by atoms with Crippen LogP contribution in [0.3, 0.4) is 0 Å². The van der Waals surface area contributed by atoms with Crippen molar-refractivity contribution < 1.29 is 4.79 Å². The van der Waals surface area contributed by atoms with E-state index in [0.717, 1.165) is 37.8 Å². The number of hydrogen-bond donors (Lipinski definition) is 0. The second-order valence-electron chi connectivity index (χ2n) is 6.66. The minimum atomic E-state index is -0.243. The van der Waals surface area contributed by atoms with E-state index >= 15 is 0 Å². The molecule has 1 fully saturated rings. The monoisotopic (exact) mass is 370 g/mol. The van der Waals surface area contributed by atoms with E-state index in [2.05, 4.69) is 23.5 Å². The molecule has 1 aliphatic rings. The van der Waals surface area contributed by atoms with Crippen molar-refractivity contribution in [3.8, 4) is 0 Å². The van der Waals surface area contributed by atoms with Crippen molar-refractivity contribution in [1.29, 1.82) is 0 Å². The van der Waals surface area contributed by atoms with Gasteiger partial charge in [0.05, 0.1) is 18.3 Å². The third-order valence-corrected chi connectivity index (χ3v) is 5.31. The first-order chi connectivity index (χ1) is 12.6. The lowest BCUT2D eigenvalue weighted by molar-refractivity contribution is 0.0595. The smallest absolute Gasteiger partial charge is 0.276 e. The molecule has 1 amide bonds. The number of likely N-dealkylation sites (tertiary alicyclic amines) is 1. The number of amides is 1. The van der Waals surface area contributed by atoms with Crippen LogP contribution in [0.25, 0.3) is 0 Å². The van der Waals surface area contributed by atoms with Crippen LogP contribution in [0.1, 0.15) is 41.7 Å². The van der Waals surface area contributed by atoms with Crippen molar-refractivity contribution in [2.75, 3.05) is 6.54 Å². The van der Waals surface area contributed by atoms with Gasteiger partial charge in [-0.1, -0.05) is 47.2 Å². The molecule has 0 N–H and O–H groups in total. The molecule has 3 rings (SSSR count). The Bertz CT molecular complexity index is 804. The number of carbonyl (C=O) groups is 1. The van der Waals surface area contributed by atoms with Gasteiger partial charge in [0.25, 0.3) is 5.91 Å². The molecule has 1 aliphatic heterocycles. The van der Waals surface area contributed by atoms with Crippen molar-refractivity contribution in [2.24, 2.45) is 0 Å². The lowest BCUT2D eigenvalue weighted by Crippen LogP contribution is -2.47. The molecule has 0 bridgehead atoms. The summed E-state index contributed by atoms with van der Waals surface area (Å²) in [6.07, 6.45) is 8.87. The average molecular weight is 371 g/mol. The largest absolute Gasteiger partial charge is 0.331 e. The first kappa shape index (κ1) is 18.4. The highest BCUT2D eigenvalue weighted by Crippen LogP contribution is 2.37. The van der Waals surface area contributed by atoms with Crippen LogP contribution in [-0.4, -0.2) is 37.9 Å². The molecule has 5 nitrogen and oxygen atoms in total. The maximum atomic E-state index is 13.1. The van der Waals surface area contributed by atoms with Crippen LogP contribution >= 0.6 is 11.6 Å². The highest BCUT2D eigenvalue weighted by atomic mass is 35.5. The van der Waals surface area contributed by atoms with Crippen molar-refractivity contribution in [3.05, 3.63) is 72.1 Å². The Labute approximate surface area is 159 Å². The number of benzene rings is 1. The quantitative estimate of drug-likeness (QED) is 0.689. The Kier molecular flexibility index (Phi) is 5.57. The number of hydrogen-bond acceptors (Lipinski definition) is 3. The Morgan fingerprint density at radius 3 is 2.69 bits per heavy atom. The van der Waals surface area contributed by atoms with E-state index in [-0.39, 0.29) is 11.4 Å². The Morgan fingerprint density at radius 1 is 1.27 bits per heavy atom. The Balaban J connectivity index is 1.80. The highest BCUT2D eigenvalue weighted by molar-refractivity contribution is 6.31. The molecule has 0 spiro atoms. The number of aromatic nitrogens is 3. The minimum absolute atomic E-state index is 0.0865. The summed E-state index contributed by atoms with van der Waals surface area (Å²) in [7, 11) is 0. The summed E-state index contributed by atoms with van der Waals surface area (Å²) in [5.74, 6) is -0.0865. The van der Waals surface area contributed by atoms with Crippen LogP contribution in [0.2, 0.25) is 5.02 Å². The van der Waals surface area contributed by atoms with Crippen molar-refractivity contribution in [3.63, 3.8) is 0 Å². The van der Waals surface area contributed by atoms with Gasteiger partial charge in [0.1, 0.15) is 0 Å². The van der Waals surface area contributed by atoms with E-state index in [1.807, 2.05) is 41.3 Å². The molecule has 1 aromatic carbocycles. The Morgan fingerprint density at radius 2 is 2.00 bits per heavy atom. The van der Waals surface area contributed by atoms with Crippen molar-refractivity contribution in [2.45, 2.75) is 37.8 Å². The van der Waals surface area contributed by atoms with Gasteiger partial charge >= 0.3 is 0 Å². The van der Waals surface area contributed by atoms with Crippen LogP contribution in [0.5, 0.6) is 0 Å². The van der Waals surface area contributed by atoms with Gasteiger partial charge in [-0.3, -0.25) is 4.79 Å².